The summed E-state index contributed by atoms with van der Waals surface area (Å²) in [7, 11) is 2.17. The summed E-state index contributed by atoms with van der Waals surface area (Å²) in [5.41, 5.74) is 0. The van der Waals surface area contributed by atoms with Gasteiger partial charge in [-0.15, -0.1) is 0 Å². The molecule has 1 heterocycles. The van der Waals surface area contributed by atoms with E-state index in [4.69, 9.17) is 0 Å². The minimum absolute atomic E-state index is 1.20. The number of aryl methyl sites for hydroxylation is 2. The lowest BCUT2D eigenvalue weighted by Gasteiger charge is -2.04. The van der Waals surface area contributed by atoms with Crippen molar-refractivity contribution in [2.24, 2.45) is 7.05 Å². The van der Waals surface area contributed by atoms with Gasteiger partial charge >= 0.3 is 0 Å². The van der Waals surface area contributed by atoms with Gasteiger partial charge in [-0.2, -0.15) is 0 Å². The van der Waals surface area contributed by atoms with Gasteiger partial charge in [-0.25, -0.2) is 9.13 Å². The Hall–Kier alpha value is -0.790. The van der Waals surface area contributed by atoms with Crippen molar-refractivity contribution in [3.8, 4) is 0 Å². The molecule has 0 aliphatic carbocycles. The Labute approximate surface area is 145 Å². The predicted molar refractivity (Wildman–Crippen MR) is 101 cm³/mol. The van der Waals surface area contributed by atoms with E-state index in [0.717, 1.165) is 0 Å². The second-order valence-electron chi connectivity index (χ2n) is 7.16. The Balaban J connectivity index is 1.94. The van der Waals surface area contributed by atoms with Crippen LogP contribution in [0.3, 0.4) is 0 Å². The molecule has 0 aliphatic rings. The zero-order valence-electron chi connectivity index (χ0n) is 16.2. The van der Waals surface area contributed by atoms with Gasteiger partial charge in [-0.1, -0.05) is 78.1 Å². The third-order valence-corrected chi connectivity index (χ3v) is 4.94. The van der Waals surface area contributed by atoms with Crippen LogP contribution in [-0.4, -0.2) is 4.57 Å². The lowest BCUT2D eigenvalue weighted by molar-refractivity contribution is -0.678. The van der Waals surface area contributed by atoms with E-state index in [9.17, 15) is 0 Å². The Morgan fingerprint density at radius 3 is 1.78 bits per heavy atom. The minimum atomic E-state index is 1.20. The number of hydrogen-bond donors (Lipinski definition) is 0. The monoisotopic (exact) mass is 321 g/mol. The standard InChI is InChI=1S/C21H41N2/c1-4-6-7-8-9-10-11-12-13-14-15-16-18-23-20-19-22(3)21(23)17-5-2/h19-20H,4-18H2,1-3H3/q+1. The zero-order chi connectivity index (χ0) is 16.8. The van der Waals surface area contributed by atoms with Gasteiger partial charge in [0.2, 0.25) is 0 Å². The Morgan fingerprint density at radius 1 is 0.739 bits per heavy atom. The van der Waals surface area contributed by atoms with Gasteiger partial charge < -0.3 is 0 Å². The van der Waals surface area contributed by atoms with Crippen LogP contribution >= 0.6 is 0 Å². The Morgan fingerprint density at radius 2 is 1.26 bits per heavy atom. The number of imidazole rings is 1. The summed E-state index contributed by atoms with van der Waals surface area (Å²) in [4.78, 5) is 0. The van der Waals surface area contributed by atoms with E-state index >= 15 is 0 Å². The van der Waals surface area contributed by atoms with E-state index < -0.39 is 0 Å². The highest BCUT2D eigenvalue weighted by Crippen LogP contribution is 2.12. The molecule has 2 heteroatoms. The fraction of sp³-hybridized carbons (Fsp3) is 0.857. The van der Waals surface area contributed by atoms with Crippen LogP contribution in [0.2, 0.25) is 0 Å². The molecule has 0 fully saturated rings. The third-order valence-electron chi connectivity index (χ3n) is 4.94. The van der Waals surface area contributed by atoms with Crippen LogP contribution in [0.25, 0.3) is 0 Å². The molecule has 0 aromatic carbocycles. The summed E-state index contributed by atoms with van der Waals surface area (Å²) in [5, 5.41) is 0. The molecule has 0 saturated carbocycles. The van der Waals surface area contributed by atoms with Crippen molar-refractivity contribution in [1.29, 1.82) is 0 Å². The lowest BCUT2D eigenvalue weighted by Crippen LogP contribution is -2.32. The highest BCUT2D eigenvalue weighted by molar-refractivity contribution is 4.83. The maximum Gasteiger partial charge on any atom is 0.256 e. The summed E-state index contributed by atoms with van der Waals surface area (Å²) in [6.07, 6.45) is 24.0. The van der Waals surface area contributed by atoms with Crippen LogP contribution in [0.1, 0.15) is 103 Å². The van der Waals surface area contributed by atoms with Gasteiger partial charge in [0.15, 0.2) is 0 Å². The second-order valence-corrected chi connectivity index (χ2v) is 7.16. The summed E-state index contributed by atoms with van der Waals surface area (Å²) in [5.74, 6) is 1.48. The first kappa shape index (κ1) is 20.3. The van der Waals surface area contributed by atoms with E-state index in [0.29, 0.717) is 0 Å². The molecular formula is C21H41N2+. The second kappa shape index (κ2) is 13.6. The van der Waals surface area contributed by atoms with Gasteiger partial charge in [0.25, 0.3) is 5.82 Å². The molecule has 0 N–H and O–H groups in total. The molecular weight excluding hydrogens is 280 g/mol. The van der Waals surface area contributed by atoms with E-state index in [1.165, 1.54) is 102 Å². The average Bonchev–Trinajstić information content (AvgIpc) is 2.89. The smallest absolute Gasteiger partial charge is 0.237 e. The molecule has 0 atom stereocenters. The van der Waals surface area contributed by atoms with Crippen LogP contribution in [0, 0.1) is 0 Å². The van der Waals surface area contributed by atoms with Crippen molar-refractivity contribution >= 4 is 0 Å². The minimum Gasteiger partial charge on any atom is -0.237 e. The molecule has 0 radical (unpaired) electrons. The molecule has 0 saturated heterocycles. The largest absolute Gasteiger partial charge is 0.256 e. The van der Waals surface area contributed by atoms with Crippen molar-refractivity contribution in [1.82, 2.24) is 4.57 Å². The predicted octanol–water partition coefficient (Wildman–Crippen LogP) is 5.97. The number of unbranched alkanes of at least 4 members (excludes halogenated alkanes) is 11. The van der Waals surface area contributed by atoms with Crippen LogP contribution in [0.4, 0.5) is 0 Å². The SMILES string of the molecule is CCCCCCCCCCCCCCn1cc[n+](C)c1CCC. The Bertz CT molecular complexity index is 381. The fourth-order valence-corrected chi connectivity index (χ4v) is 3.43. The third kappa shape index (κ3) is 9.17. The summed E-state index contributed by atoms with van der Waals surface area (Å²) in [6.45, 7) is 5.76. The first-order valence-corrected chi connectivity index (χ1v) is 10.3. The first-order chi connectivity index (χ1) is 11.3. The summed E-state index contributed by atoms with van der Waals surface area (Å²) in [6, 6.07) is 0. The highest BCUT2D eigenvalue weighted by atomic mass is 15.1. The molecule has 0 aliphatic heterocycles. The maximum atomic E-state index is 2.46. The van der Waals surface area contributed by atoms with Crippen molar-refractivity contribution in [3.63, 3.8) is 0 Å². The fourth-order valence-electron chi connectivity index (χ4n) is 3.43. The van der Waals surface area contributed by atoms with Gasteiger partial charge in [0, 0.05) is 6.42 Å². The number of rotatable bonds is 15. The molecule has 1 aromatic rings. The summed E-state index contributed by atoms with van der Waals surface area (Å²) < 4.78 is 4.74. The topological polar surface area (TPSA) is 8.81 Å². The quantitative estimate of drug-likeness (QED) is 0.278. The molecule has 2 nitrogen and oxygen atoms in total. The van der Waals surface area contributed by atoms with Crippen molar-refractivity contribution in [3.05, 3.63) is 18.2 Å². The average molecular weight is 322 g/mol. The number of aromatic nitrogens is 2. The van der Waals surface area contributed by atoms with Gasteiger partial charge in [-0.05, 0) is 19.3 Å². The molecule has 1 aromatic heterocycles. The zero-order valence-corrected chi connectivity index (χ0v) is 16.2. The molecule has 0 amide bonds. The Kier molecular flexibility index (Phi) is 12.0. The lowest BCUT2D eigenvalue weighted by atomic mass is 10.1. The van der Waals surface area contributed by atoms with Crippen molar-refractivity contribution in [2.75, 3.05) is 0 Å². The molecule has 0 unspecified atom stereocenters. The molecule has 0 bridgehead atoms. The van der Waals surface area contributed by atoms with Crippen LogP contribution < -0.4 is 4.57 Å². The van der Waals surface area contributed by atoms with E-state index in [-0.39, 0.29) is 0 Å². The van der Waals surface area contributed by atoms with E-state index in [1.54, 1.807) is 0 Å². The number of nitrogens with zero attached hydrogens (tertiary/aromatic N) is 2. The molecule has 0 spiro atoms. The van der Waals surface area contributed by atoms with E-state index in [2.05, 4.69) is 42.4 Å². The van der Waals surface area contributed by atoms with Gasteiger partial charge in [0.1, 0.15) is 12.4 Å². The first-order valence-electron chi connectivity index (χ1n) is 10.3. The normalized spacial score (nSPS) is 11.3. The van der Waals surface area contributed by atoms with Crippen LogP contribution in [0.15, 0.2) is 12.4 Å². The molecule has 23 heavy (non-hydrogen) atoms. The highest BCUT2D eigenvalue weighted by Gasteiger charge is 2.12. The van der Waals surface area contributed by atoms with Gasteiger partial charge in [0.05, 0.1) is 13.6 Å². The van der Waals surface area contributed by atoms with Crippen LogP contribution in [0.5, 0.6) is 0 Å². The summed E-state index contributed by atoms with van der Waals surface area (Å²) >= 11 is 0. The van der Waals surface area contributed by atoms with Crippen molar-refractivity contribution in [2.45, 2.75) is 110 Å². The van der Waals surface area contributed by atoms with Gasteiger partial charge in [-0.3, -0.25) is 0 Å². The number of hydrogen-bond acceptors (Lipinski definition) is 0. The molecule has 134 valence electrons. The maximum absolute atomic E-state index is 2.46. The van der Waals surface area contributed by atoms with Crippen molar-refractivity contribution < 1.29 is 4.57 Å². The van der Waals surface area contributed by atoms with E-state index in [1.807, 2.05) is 0 Å². The molecule has 1 rings (SSSR count). The van der Waals surface area contributed by atoms with Crippen LogP contribution in [-0.2, 0) is 20.0 Å².